The standard InChI is InChI=1S/C16H19BrF3N5/c1-25(2)8-4-7-21-15-23-13(16(18,19)20)10-14(24-15)22-12-6-3-5-11(17)9-12/h3,5-6,9-10H,4,7-8H2,1-2H3,(H2,21,22,23,24). The van der Waals surface area contributed by atoms with Crippen molar-refractivity contribution in [3.8, 4) is 0 Å². The zero-order valence-corrected chi connectivity index (χ0v) is 15.4. The Morgan fingerprint density at radius 3 is 2.56 bits per heavy atom. The zero-order valence-electron chi connectivity index (χ0n) is 13.9. The summed E-state index contributed by atoms with van der Waals surface area (Å²) in [4.78, 5) is 9.69. The molecule has 0 aliphatic carbocycles. The van der Waals surface area contributed by atoms with E-state index >= 15 is 0 Å². The van der Waals surface area contributed by atoms with E-state index in [1.807, 2.05) is 25.1 Å². The number of nitrogens with one attached hydrogen (secondary N) is 2. The van der Waals surface area contributed by atoms with Crippen LogP contribution in [0.3, 0.4) is 0 Å². The lowest BCUT2D eigenvalue weighted by Gasteiger charge is -2.14. The third-order valence-corrected chi connectivity index (χ3v) is 3.67. The SMILES string of the molecule is CN(C)CCCNc1nc(Nc2cccc(Br)c2)cc(C(F)(F)F)n1. The van der Waals surface area contributed by atoms with E-state index in [1.54, 1.807) is 18.2 Å². The largest absolute Gasteiger partial charge is 0.433 e. The van der Waals surface area contributed by atoms with Crippen LogP contribution in [0.4, 0.5) is 30.6 Å². The van der Waals surface area contributed by atoms with Crippen molar-refractivity contribution >= 4 is 33.4 Å². The van der Waals surface area contributed by atoms with E-state index in [0.29, 0.717) is 12.2 Å². The number of aromatic nitrogens is 2. The summed E-state index contributed by atoms with van der Waals surface area (Å²) in [5, 5.41) is 5.73. The number of anilines is 3. The van der Waals surface area contributed by atoms with Crippen molar-refractivity contribution in [1.82, 2.24) is 14.9 Å². The number of nitrogens with zero attached hydrogens (tertiary/aromatic N) is 3. The second-order valence-corrected chi connectivity index (χ2v) is 6.59. The molecule has 0 fully saturated rings. The van der Waals surface area contributed by atoms with E-state index in [1.165, 1.54) is 0 Å². The Balaban J connectivity index is 2.18. The summed E-state index contributed by atoms with van der Waals surface area (Å²) in [6.45, 7) is 1.30. The van der Waals surface area contributed by atoms with Gasteiger partial charge in [-0.25, -0.2) is 4.98 Å². The summed E-state index contributed by atoms with van der Waals surface area (Å²) in [6, 6.07) is 7.98. The molecule has 0 spiro atoms. The van der Waals surface area contributed by atoms with E-state index in [-0.39, 0.29) is 11.8 Å². The minimum Gasteiger partial charge on any atom is -0.354 e. The van der Waals surface area contributed by atoms with Gasteiger partial charge in [0.05, 0.1) is 0 Å². The maximum absolute atomic E-state index is 13.1. The molecule has 2 N–H and O–H groups in total. The van der Waals surface area contributed by atoms with Crippen LogP contribution < -0.4 is 10.6 Å². The van der Waals surface area contributed by atoms with Gasteiger partial charge in [0.15, 0.2) is 5.69 Å². The Kier molecular flexibility index (Phi) is 6.60. The Morgan fingerprint density at radius 1 is 1.16 bits per heavy atom. The first-order chi connectivity index (χ1) is 11.7. The van der Waals surface area contributed by atoms with Crippen LogP contribution in [-0.2, 0) is 6.18 Å². The van der Waals surface area contributed by atoms with Gasteiger partial charge in [-0.05, 0) is 45.3 Å². The molecule has 0 unspecified atom stereocenters. The second-order valence-electron chi connectivity index (χ2n) is 5.68. The van der Waals surface area contributed by atoms with E-state index in [0.717, 1.165) is 23.5 Å². The van der Waals surface area contributed by atoms with Crippen molar-refractivity contribution in [2.45, 2.75) is 12.6 Å². The molecule has 0 atom stereocenters. The molecular weight excluding hydrogens is 399 g/mol. The van der Waals surface area contributed by atoms with Gasteiger partial charge in [0, 0.05) is 22.8 Å². The van der Waals surface area contributed by atoms with Crippen molar-refractivity contribution in [3.63, 3.8) is 0 Å². The molecule has 136 valence electrons. The van der Waals surface area contributed by atoms with Crippen molar-refractivity contribution in [3.05, 3.63) is 40.5 Å². The number of benzene rings is 1. The number of hydrogen-bond acceptors (Lipinski definition) is 5. The van der Waals surface area contributed by atoms with Gasteiger partial charge in [-0.3, -0.25) is 0 Å². The van der Waals surface area contributed by atoms with Crippen LogP contribution in [-0.4, -0.2) is 42.1 Å². The van der Waals surface area contributed by atoms with Gasteiger partial charge in [-0.2, -0.15) is 18.2 Å². The molecule has 0 saturated heterocycles. The first kappa shape index (κ1) is 19.5. The summed E-state index contributed by atoms with van der Waals surface area (Å²) in [6.07, 6.45) is -3.78. The zero-order chi connectivity index (χ0) is 18.4. The second kappa shape index (κ2) is 8.48. The summed E-state index contributed by atoms with van der Waals surface area (Å²) in [7, 11) is 3.86. The van der Waals surface area contributed by atoms with Gasteiger partial charge in [-0.15, -0.1) is 0 Å². The maximum Gasteiger partial charge on any atom is 0.433 e. The third kappa shape index (κ3) is 6.50. The fourth-order valence-electron chi connectivity index (χ4n) is 2.05. The predicted octanol–water partition coefficient (Wildman–Crippen LogP) is 4.37. The molecule has 9 heteroatoms. The monoisotopic (exact) mass is 417 g/mol. The number of alkyl halides is 3. The van der Waals surface area contributed by atoms with Gasteiger partial charge in [-0.1, -0.05) is 22.0 Å². The highest BCUT2D eigenvalue weighted by molar-refractivity contribution is 9.10. The van der Waals surface area contributed by atoms with Crippen molar-refractivity contribution in [2.75, 3.05) is 37.8 Å². The van der Waals surface area contributed by atoms with Crippen LogP contribution in [0.5, 0.6) is 0 Å². The summed E-state index contributed by atoms with van der Waals surface area (Å²) >= 11 is 3.32. The highest BCUT2D eigenvalue weighted by Gasteiger charge is 2.33. The molecule has 0 saturated carbocycles. The molecule has 0 aliphatic rings. The predicted molar refractivity (Wildman–Crippen MR) is 96.1 cm³/mol. The van der Waals surface area contributed by atoms with Gasteiger partial charge in [0.1, 0.15) is 5.82 Å². The van der Waals surface area contributed by atoms with Gasteiger partial charge in [0.25, 0.3) is 0 Å². The van der Waals surface area contributed by atoms with Crippen molar-refractivity contribution in [2.24, 2.45) is 0 Å². The average molecular weight is 418 g/mol. The topological polar surface area (TPSA) is 53.1 Å². The Morgan fingerprint density at radius 2 is 1.92 bits per heavy atom. The fourth-order valence-corrected chi connectivity index (χ4v) is 2.44. The smallest absolute Gasteiger partial charge is 0.354 e. The summed E-state index contributed by atoms with van der Waals surface area (Å²) in [5.74, 6) is 0.0293. The van der Waals surface area contributed by atoms with Gasteiger partial charge >= 0.3 is 6.18 Å². The first-order valence-corrected chi connectivity index (χ1v) is 8.41. The minimum absolute atomic E-state index is 0.0499. The van der Waals surface area contributed by atoms with Crippen LogP contribution >= 0.6 is 15.9 Å². The molecule has 2 aromatic rings. The Bertz CT molecular complexity index is 706. The molecule has 0 aliphatic heterocycles. The number of halogens is 4. The van der Waals surface area contributed by atoms with Crippen LogP contribution in [0.25, 0.3) is 0 Å². The van der Waals surface area contributed by atoms with Crippen LogP contribution in [0, 0.1) is 0 Å². The molecule has 0 bridgehead atoms. The lowest BCUT2D eigenvalue weighted by molar-refractivity contribution is -0.141. The Labute approximate surface area is 152 Å². The van der Waals surface area contributed by atoms with Crippen LogP contribution in [0.2, 0.25) is 0 Å². The molecule has 1 heterocycles. The molecule has 25 heavy (non-hydrogen) atoms. The highest BCUT2D eigenvalue weighted by atomic mass is 79.9. The van der Waals surface area contributed by atoms with Gasteiger partial charge < -0.3 is 15.5 Å². The lowest BCUT2D eigenvalue weighted by Crippen LogP contribution is -2.18. The molecular formula is C16H19BrF3N5. The quantitative estimate of drug-likeness (QED) is 0.655. The van der Waals surface area contributed by atoms with Gasteiger partial charge in [0.2, 0.25) is 5.95 Å². The maximum atomic E-state index is 13.1. The van der Waals surface area contributed by atoms with E-state index in [4.69, 9.17) is 0 Å². The molecule has 0 radical (unpaired) electrons. The molecule has 1 aromatic heterocycles. The van der Waals surface area contributed by atoms with E-state index < -0.39 is 11.9 Å². The molecule has 2 rings (SSSR count). The molecule has 5 nitrogen and oxygen atoms in total. The van der Waals surface area contributed by atoms with Crippen molar-refractivity contribution in [1.29, 1.82) is 0 Å². The normalized spacial score (nSPS) is 11.6. The Hall–Kier alpha value is -1.87. The third-order valence-electron chi connectivity index (χ3n) is 3.18. The van der Waals surface area contributed by atoms with E-state index in [9.17, 15) is 13.2 Å². The minimum atomic E-state index is -4.54. The van der Waals surface area contributed by atoms with Crippen LogP contribution in [0.15, 0.2) is 34.8 Å². The highest BCUT2D eigenvalue weighted by Crippen LogP contribution is 2.30. The first-order valence-electron chi connectivity index (χ1n) is 7.61. The fraction of sp³-hybridized carbons (Fsp3) is 0.375. The summed E-state index contributed by atoms with van der Waals surface area (Å²) in [5.41, 5.74) is -0.366. The van der Waals surface area contributed by atoms with Crippen LogP contribution in [0.1, 0.15) is 12.1 Å². The summed E-state index contributed by atoms with van der Waals surface area (Å²) < 4.78 is 40.1. The molecule has 1 aromatic carbocycles. The molecule has 0 amide bonds. The number of hydrogen-bond donors (Lipinski definition) is 2. The number of rotatable bonds is 7. The van der Waals surface area contributed by atoms with E-state index in [2.05, 4.69) is 36.5 Å². The average Bonchev–Trinajstić information content (AvgIpc) is 2.50. The van der Waals surface area contributed by atoms with Crippen molar-refractivity contribution < 1.29 is 13.2 Å². The lowest BCUT2D eigenvalue weighted by atomic mass is 10.3.